The Bertz CT molecular complexity index is 294. The highest BCUT2D eigenvalue weighted by Gasteiger charge is 2.50. The summed E-state index contributed by atoms with van der Waals surface area (Å²) in [4.78, 5) is 24.4. The van der Waals surface area contributed by atoms with E-state index in [1.807, 2.05) is 7.05 Å². The first kappa shape index (κ1) is 11.4. The molecule has 2 saturated heterocycles. The summed E-state index contributed by atoms with van der Waals surface area (Å²) in [6.45, 7) is 0.436. The van der Waals surface area contributed by atoms with E-state index in [4.69, 9.17) is 9.47 Å². The van der Waals surface area contributed by atoms with Crippen LogP contribution >= 0.6 is 0 Å². The van der Waals surface area contributed by atoms with Crippen molar-refractivity contribution in [1.82, 2.24) is 4.90 Å². The van der Waals surface area contributed by atoms with Crippen molar-refractivity contribution < 1.29 is 19.1 Å². The fraction of sp³-hybridized carbons (Fsp3) is 0.818. The Labute approximate surface area is 94.7 Å². The van der Waals surface area contributed by atoms with Gasteiger partial charge in [0.1, 0.15) is 12.0 Å². The molecule has 2 heterocycles. The molecule has 0 spiro atoms. The number of esters is 1. The zero-order chi connectivity index (χ0) is 11.7. The van der Waals surface area contributed by atoms with E-state index in [1.165, 1.54) is 7.11 Å². The largest absolute Gasteiger partial charge is 0.469 e. The minimum absolute atomic E-state index is 0.149. The third-order valence-electron chi connectivity index (χ3n) is 3.92. The fourth-order valence-electron chi connectivity index (χ4n) is 3.08. The summed E-state index contributed by atoms with van der Waals surface area (Å²) in [5, 5.41) is 0. The van der Waals surface area contributed by atoms with Crippen molar-refractivity contribution in [1.29, 1.82) is 0 Å². The molecule has 4 atom stereocenters. The second kappa shape index (κ2) is 4.41. The molecule has 0 radical (unpaired) electrons. The van der Waals surface area contributed by atoms with E-state index < -0.39 is 0 Å². The first-order valence-electron chi connectivity index (χ1n) is 5.58. The predicted molar refractivity (Wildman–Crippen MR) is 55.6 cm³/mol. The molecule has 2 aliphatic heterocycles. The van der Waals surface area contributed by atoms with Gasteiger partial charge in [-0.3, -0.25) is 14.5 Å². The zero-order valence-corrected chi connectivity index (χ0v) is 9.59. The lowest BCUT2D eigenvalue weighted by atomic mass is 9.87. The molecule has 0 saturated carbocycles. The van der Waals surface area contributed by atoms with Crippen LogP contribution < -0.4 is 0 Å². The van der Waals surface area contributed by atoms with Crippen LogP contribution in [0.15, 0.2) is 0 Å². The predicted octanol–water partition coefficient (Wildman–Crippen LogP) is 0.184. The molecule has 2 fully saturated rings. The molecule has 0 unspecified atom stereocenters. The Balaban J connectivity index is 2.20. The fourth-order valence-corrected chi connectivity index (χ4v) is 3.08. The number of ether oxygens (including phenoxy) is 2. The molecule has 0 amide bonds. The number of methoxy groups -OCH3 is 1. The zero-order valence-electron chi connectivity index (χ0n) is 9.59. The van der Waals surface area contributed by atoms with Gasteiger partial charge in [0.05, 0.1) is 7.11 Å². The Kier molecular flexibility index (Phi) is 3.14. The molecule has 2 rings (SSSR count). The van der Waals surface area contributed by atoms with Crippen LogP contribution in [-0.2, 0) is 19.1 Å². The molecule has 2 aliphatic rings. The van der Waals surface area contributed by atoms with Crippen LogP contribution in [0.4, 0.5) is 0 Å². The SMILES string of the molecule is COC(=O)[C@H]1[C@@H](OC=O)C[C@H]2CC[C@H]1N2C. The normalized spacial score (nSPS) is 38.1. The van der Waals surface area contributed by atoms with Crippen molar-refractivity contribution in [3.63, 3.8) is 0 Å². The summed E-state index contributed by atoms with van der Waals surface area (Å²) in [6, 6.07) is 0.576. The molecule has 2 bridgehead atoms. The van der Waals surface area contributed by atoms with Gasteiger partial charge in [0.2, 0.25) is 0 Å². The first-order valence-corrected chi connectivity index (χ1v) is 5.58. The van der Waals surface area contributed by atoms with Crippen LogP contribution in [0.25, 0.3) is 0 Å². The summed E-state index contributed by atoms with van der Waals surface area (Å²) >= 11 is 0. The molecule has 90 valence electrons. The van der Waals surface area contributed by atoms with Gasteiger partial charge in [-0.25, -0.2) is 0 Å². The Morgan fingerprint density at radius 2 is 2.19 bits per heavy atom. The highest BCUT2D eigenvalue weighted by molar-refractivity contribution is 5.74. The quantitative estimate of drug-likeness (QED) is 0.508. The van der Waals surface area contributed by atoms with Gasteiger partial charge in [-0.1, -0.05) is 0 Å². The maximum atomic E-state index is 11.7. The Hall–Kier alpha value is -1.10. The number of rotatable bonds is 3. The van der Waals surface area contributed by atoms with Crippen LogP contribution in [0.5, 0.6) is 0 Å². The highest BCUT2D eigenvalue weighted by atomic mass is 16.5. The summed E-state index contributed by atoms with van der Waals surface area (Å²) < 4.78 is 9.84. The smallest absolute Gasteiger partial charge is 0.314 e. The van der Waals surface area contributed by atoms with Gasteiger partial charge in [0.15, 0.2) is 0 Å². The summed E-state index contributed by atoms with van der Waals surface area (Å²) in [5.74, 6) is -0.608. The van der Waals surface area contributed by atoms with Crippen molar-refractivity contribution in [3.8, 4) is 0 Å². The number of carbonyl (C=O) groups is 2. The second-order valence-corrected chi connectivity index (χ2v) is 4.52. The highest BCUT2D eigenvalue weighted by Crippen LogP contribution is 2.39. The lowest BCUT2D eigenvalue weighted by molar-refractivity contribution is -0.161. The van der Waals surface area contributed by atoms with Crippen LogP contribution in [0.1, 0.15) is 19.3 Å². The number of hydrogen-bond acceptors (Lipinski definition) is 5. The van der Waals surface area contributed by atoms with Crippen molar-refractivity contribution in [2.45, 2.75) is 37.5 Å². The van der Waals surface area contributed by atoms with Crippen molar-refractivity contribution in [2.75, 3.05) is 14.2 Å². The van der Waals surface area contributed by atoms with Gasteiger partial charge in [-0.15, -0.1) is 0 Å². The van der Waals surface area contributed by atoms with Gasteiger partial charge < -0.3 is 9.47 Å². The van der Waals surface area contributed by atoms with Crippen LogP contribution in [0.3, 0.4) is 0 Å². The molecule has 0 aromatic heterocycles. The summed E-state index contributed by atoms with van der Waals surface area (Å²) in [6.07, 6.45) is 2.44. The molecule has 5 heteroatoms. The maximum Gasteiger partial charge on any atom is 0.314 e. The standard InChI is InChI=1S/C11H17NO4/c1-12-7-3-4-8(12)10(11(14)15-2)9(5-7)16-6-13/h6-10H,3-5H2,1-2H3/t7-,8-,9+,10-/m1/s1. The van der Waals surface area contributed by atoms with E-state index >= 15 is 0 Å². The summed E-state index contributed by atoms with van der Waals surface area (Å²) in [7, 11) is 3.40. The molecule has 0 aliphatic carbocycles. The van der Waals surface area contributed by atoms with E-state index in [-0.39, 0.29) is 24.0 Å². The van der Waals surface area contributed by atoms with Gasteiger partial charge >= 0.3 is 5.97 Å². The number of carbonyl (C=O) groups excluding carboxylic acids is 2. The Morgan fingerprint density at radius 3 is 2.81 bits per heavy atom. The number of hydrogen-bond donors (Lipinski definition) is 0. The lowest BCUT2D eigenvalue weighted by Gasteiger charge is -2.40. The average Bonchev–Trinajstić information content (AvgIpc) is 2.53. The number of nitrogens with zero attached hydrogens (tertiary/aromatic N) is 1. The van der Waals surface area contributed by atoms with Crippen molar-refractivity contribution in [2.24, 2.45) is 5.92 Å². The van der Waals surface area contributed by atoms with Crippen molar-refractivity contribution in [3.05, 3.63) is 0 Å². The molecular formula is C11H17NO4. The minimum Gasteiger partial charge on any atom is -0.469 e. The maximum absolute atomic E-state index is 11.7. The molecule has 5 nitrogen and oxygen atoms in total. The molecule has 0 N–H and O–H groups in total. The van der Waals surface area contributed by atoms with E-state index in [0.717, 1.165) is 19.3 Å². The van der Waals surface area contributed by atoms with Gasteiger partial charge in [0.25, 0.3) is 6.47 Å². The topological polar surface area (TPSA) is 55.8 Å². The van der Waals surface area contributed by atoms with Crippen LogP contribution in [0.2, 0.25) is 0 Å². The first-order chi connectivity index (χ1) is 7.69. The third-order valence-corrected chi connectivity index (χ3v) is 3.92. The van der Waals surface area contributed by atoms with Gasteiger partial charge in [-0.2, -0.15) is 0 Å². The van der Waals surface area contributed by atoms with Gasteiger partial charge in [-0.05, 0) is 19.9 Å². The number of piperidine rings is 1. The molecule has 0 aromatic rings. The van der Waals surface area contributed by atoms with Crippen LogP contribution in [-0.4, -0.2) is 49.7 Å². The van der Waals surface area contributed by atoms with E-state index in [0.29, 0.717) is 12.5 Å². The van der Waals surface area contributed by atoms with E-state index in [1.54, 1.807) is 0 Å². The van der Waals surface area contributed by atoms with E-state index in [9.17, 15) is 9.59 Å². The number of fused-ring (bicyclic) bond motifs is 2. The Morgan fingerprint density at radius 1 is 1.44 bits per heavy atom. The third kappa shape index (κ3) is 1.69. The molecule has 16 heavy (non-hydrogen) atoms. The second-order valence-electron chi connectivity index (χ2n) is 4.52. The monoisotopic (exact) mass is 227 g/mol. The lowest BCUT2D eigenvalue weighted by Crippen LogP contribution is -2.53. The molecular weight excluding hydrogens is 210 g/mol. The summed E-state index contributed by atoms with van der Waals surface area (Å²) in [5.41, 5.74) is 0. The van der Waals surface area contributed by atoms with Gasteiger partial charge in [0, 0.05) is 18.5 Å². The minimum atomic E-state index is -0.334. The average molecular weight is 227 g/mol. The molecule has 0 aromatic carbocycles. The van der Waals surface area contributed by atoms with Crippen LogP contribution in [0, 0.1) is 5.92 Å². The van der Waals surface area contributed by atoms with Crippen molar-refractivity contribution >= 4 is 12.4 Å². The van der Waals surface area contributed by atoms with E-state index in [2.05, 4.69) is 4.90 Å².